The van der Waals surface area contributed by atoms with E-state index in [1.165, 1.54) is 11.3 Å². The van der Waals surface area contributed by atoms with Crippen molar-refractivity contribution in [2.24, 2.45) is 0 Å². The molecule has 1 aliphatic rings. The number of Topliss-reactive ketones (excluding diaryl/α,β-unsaturated/α-hetero) is 1. The monoisotopic (exact) mass is 328 g/mol. The summed E-state index contributed by atoms with van der Waals surface area (Å²) in [4.78, 5) is 31.3. The molecule has 3 rings (SSSR count). The summed E-state index contributed by atoms with van der Waals surface area (Å²) in [5.41, 5.74) is 0.950. The number of carbonyl (C=O) groups is 2. The number of amides is 1. The molecule has 0 aliphatic carbocycles. The summed E-state index contributed by atoms with van der Waals surface area (Å²) in [6, 6.07) is 6.80. The van der Waals surface area contributed by atoms with Crippen molar-refractivity contribution in [2.75, 3.05) is 0 Å². The van der Waals surface area contributed by atoms with Gasteiger partial charge in [0.25, 0.3) is 5.91 Å². The number of pyridine rings is 1. The van der Waals surface area contributed by atoms with Crippen LogP contribution in [0.25, 0.3) is 0 Å². The molecule has 0 aromatic carbocycles. The molecule has 6 heteroatoms. The van der Waals surface area contributed by atoms with E-state index >= 15 is 0 Å². The van der Waals surface area contributed by atoms with Gasteiger partial charge in [-0.15, -0.1) is 11.3 Å². The number of nitrogens with zero attached hydrogens (tertiary/aromatic N) is 2. The maximum absolute atomic E-state index is 12.5. The number of hydrogen-bond donors (Lipinski definition) is 1. The number of aliphatic hydroxyl groups is 1. The van der Waals surface area contributed by atoms with Crippen LogP contribution in [0.2, 0.25) is 0 Å². The smallest absolute Gasteiger partial charge is 0.290 e. The predicted octanol–water partition coefficient (Wildman–Crippen LogP) is 3.02. The molecule has 0 bridgehead atoms. The number of rotatable bonds is 5. The van der Waals surface area contributed by atoms with Crippen LogP contribution >= 0.6 is 11.3 Å². The molecule has 3 heterocycles. The summed E-state index contributed by atoms with van der Waals surface area (Å²) in [5.74, 6) is -1.15. The Labute approximate surface area is 137 Å². The molecule has 1 amide bonds. The van der Waals surface area contributed by atoms with Crippen molar-refractivity contribution in [1.29, 1.82) is 0 Å². The summed E-state index contributed by atoms with van der Waals surface area (Å²) in [6.45, 7) is 2.08. The van der Waals surface area contributed by atoms with Crippen LogP contribution in [-0.2, 0) is 16.1 Å². The first-order valence-electron chi connectivity index (χ1n) is 7.33. The van der Waals surface area contributed by atoms with Gasteiger partial charge < -0.3 is 10.0 Å². The summed E-state index contributed by atoms with van der Waals surface area (Å²) < 4.78 is 0. The Hall–Kier alpha value is -2.47. The minimum Gasteiger partial charge on any atom is -0.503 e. The maximum atomic E-state index is 12.5. The first-order valence-corrected chi connectivity index (χ1v) is 8.21. The molecule has 0 radical (unpaired) electrons. The SMILES string of the molecule is CCC(=O)C1=C(O)C(=O)N(Cc2cccs2)C1c1ccncc1. The number of hydrogen-bond acceptors (Lipinski definition) is 5. The van der Waals surface area contributed by atoms with Crippen molar-refractivity contribution in [1.82, 2.24) is 9.88 Å². The summed E-state index contributed by atoms with van der Waals surface area (Å²) in [5, 5.41) is 12.2. The van der Waals surface area contributed by atoms with Gasteiger partial charge in [0.05, 0.1) is 18.2 Å². The second kappa shape index (κ2) is 6.34. The first kappa shape index (κ1) is 15.4. The van der Waals surface area contributed by atoms with Gasteiger partial charge in [-0.3, -0.25) is 14.6 Å². The molecule has 0 saturated carbocycles. The van der Waals surface area contributed by atoms with E-state index in [0.29, 0.717) is 6.54 Å². The molecule has 0 fully saturated rings. The van der Waals surface area contributed by atoms with Gasteiger partial charge in [0, 0.05) is 23.7 Å². The van der Waals surface area contributed by atoms with E-state index in [1.807, 2.05) is 17.5 Å². The highest BCUT2D eigenvalue weighted by molar-refractivity contribution is 7.09. The highest BCUT2D eigenvalue weighted by Crippen LogP contribution is 2.39. The van der Waals surface area contributed by atoms with E-state index < -0.39 is 17.7 Å². The van der Waals surface area contributed by atoms with Crippen molar-refractivity contribution in [2.45, 2.75) is 25.9 Å². The Balaban J connectivity index is 2.05. The van der Waals surface area contributed by atoms with Crippen LogP contribution in [0.3, 0.4) is 0 Å². The lowest BCUT2D eigenvalue weighted by atomic mass is 9.96. The van der Waals surface area contributed by atoms with Crippen LogP contribution in [0, 0.1) is 0 Å². The van der Waals surface area contributed by atoms with Crippen LogP contribution in [0.5, 0.6) is 0 Å². The summed E-state index contributed by atoms with van der Waals surface area (Å²) >= 11 is 1.53. The highest BCUT2D eigenvalue weighted by Gasteiger charge is 2.42. The summed E-state index contributed by atoms with van der Waals surface area (Å²) in [6.07, 6.45) is 3.47. The van der Waals surface area contributed by atoms with Crippen LogP contribution in [0.4, 0.5) is 0 Å². The largest absolute Gasteiger partial charge is 0.503 e. The molecule has 1 N–H and O–H groups in total. The van der Waals surface area contributed by atoms with Gasteiger partial charge in [-0.2, -0.15) is 0 Å². The number of aromatic nitrogens is 1. The predicted molar refractivity (Wildman–Crippen MR) is 86.8 cm³/mol. The zero-order valence-electron chi connectivity index (χ0n) is 12.6. The van der Waals surface area contributed by atoms with Crippen molar-refractivity contribution in [3.63, 3.8) is 0 Å². The van der Waals surface area contributed by atoms with Crippen LogP contribution in [0.1, 0.15) is 29.8 Å². The molecule has 1 aliphatic heterocycles. The van der Waals surface area contributed by atoms with Gasteiger partial charge >= 0.3 is 0 Å². The van der Waals surface area contributed by atoms with Gasteiger partial charge in [0.2, 0.25) is 0 Å². The Bertz CT molecular complexity index is 753. The van der Waals surface area contributed by atoms with Crippen molar-refractivity contribution in [3.8, 4) is 0 Å². The molecular weight excluding hydrogens is 312 g/mol. The topological polar surface area (TPSA) is 70.5 Å². The molecule has 2 aromatic rings. The zero-order valence-corrected chi connectivity index (χ0v) is 13.4. The average molecular weight is 328 g/mol. The van der Waals surface area contributed by atoms with Crippen molar-refractivity contribution >= 4 is 23.0 Å². The number of ketones is 1. The van der Waals surface area contributed by atoms with Crippen LogP contribution < -0.4 is 0 Å². The van der Waals surface area contributed by atoms with Crippen LogP contribution in [-0.4, -0.2) is 26.7 Å². The molecule has 23 heavy (non-hydrogen) atoms. The fourth-order valence-electron chi connectivity index (χ4n) is 2.75. The molecule has 118 valence electrons. The molecule has 1 unspecified atom stereocenters. The molecule has 2 aromatic heterocycles. The maximum Gasteiger partial charge on any atom is 0.290 e. The van der Waals surface area contributed by atoms with E-state index in [9.17, 15) is 14.7 Å². The lowest BCUT2D eigenvalue weighted by Crippen LogP contribution is -2.30. The lowest BCUT2D eigenvalue weighted by molar-refractivity contribution is -0.130. The normalized spacial score (nSPS) is 17.9. The fourth-order valence-corrected chi connectivity index (χ4v) is 3.46. The van der Waals surface area contributed by atoms with Crippen molar-refractivity contribution in [3.05, 3.63) is 63.8 Å². The standard InChI is InChI=1S/C17H16N2O3S/c1-2-13(20)14-15(11-5-7-18-8-6-11)19(17(22)16(14)21)10-12-4-3-9-23-12/h3-9,15,21H,2,10H2,1H3. The Kier molecular flexibility index (Phi) is 4.25. The third-order valence-corrected chi connectivity index (χ3v) is 4.71. The number of aliphatic hydroxyl groups excluding tert-OH is 1. The van der Waals surface area contributed by atoms with E-state index in [1.54, 1.807) is 36.4 Å². The number of thiophene rings is 1. The molecule has 0 spiro atoms. The van der Waals surface area contributed by atoms with Gasteiger partial charge in [0.1, 0.15) is 0 Å². The minimum absolute atomic E-state index is 0.181. The van der Waals surface area contributed by atoms with E-state index in [2.05, 4.69) is 4.98 Å². The molecular formula is C17H16N2O3S. The van der Waals surface area contributed by atoms with Gasteiger partial charge in [0.15, 0.2) is 11.5 Å². The van der Waals surface area contributed by atoms with Gasteiger partial charge in [-0.05, 0) is 29.1 Å². The van der Waals surface area contributed by atoms with Crippen LogP contribution in [0.15, 0.2) is 53.4 Å². The third-order valence-electron chi connectivity index (χ3n) is 3.85. The fraction of sp³-hybridized carbons (Fsp3) is 0.235. The Morgan fingerprint density at radius 3 is 2.70 bits per heavy atom. The van der Waals surface area contributed by atoms with E-state index in [4.69, 9.17) is 0 Å². The molecule has 1 atom stereocenters. The van der Waals surface area contributed by atoms with E-state index in [-0.39, 0.29) is 17.8 Å². The Morgan fingerprint density at radius 1 is 1.35 bits per heavy atom. The Morgan fingerprint density at radius 2 is 2.09 bits per heavy atom. The molecule has 5 nitrogen and oxygen atoms in total. The second-order valence-corrected chi connectivity index (χ2v) is 6.27. The highest BCUT2D eigenvalue weighted by atomic mass is 32.1. The third kappa shape index (κ3) is 2.77. The quantitative estimate of drug-likeness (QED) is 0.916. The zero-order chi connectivity index (χ0) is 16.4. The first-order chi connectivity index (χ1) is 11.1. The van der Waals surface area contributed by atoms with Crippen molar-refractivity contribution < 1.29 is 14.7 Å². The van der Waals surface area contributed by atoms with Gasteiger partial charge in [-0.25, -0.2) is 0 Å². The van der Waals surface area contributed by atoms with Gasteiger partial charge in [-0.1, -0.05) is 13.0 Å². The minimum atomic E-state index is -0.569. The second-order valence-electron chi connectivity index (χ2n) is 5.23. The average Bonchev–Trinajstić information content (AvgIpc) is 3.17. The lowest BCUT2D eigenvalue weighted by Gasteiger charge is -2.26. The summed E-state index contributed by atoms with van der Waals surface area (Å²) in [7, 11) is 0. The molecule has 0 saturated heterocycles. The number of carbonyl (C=O) groups excluding carboxylic acids is 2. The van der Waals surface area contributed by atoms with E-state index in [0.717, 1.165) is 10.4 Å².